The number of imidazole rings is 1. The maximum absolute atomic E-state index is 14.9. The Morgan fingerprint density at radius 3 is 2.40 bits per heavy atom. The van der Waals surface area contributed by atoms with Crippen molar-refractivity contribution in [3.05, 3.63) is 53.5 Å². The quantitative estimate of drug-likeness (QED) is 0.295. The van der Waals surface area contributed by atoms with Crippen LogP contribution in [-0.2, 0) is 11.3 Å². The van der Waals surface area contributed by atoms with Crippen molar-refractivity contribution < 1.29 is 14.7 Å². The highest BCUT2D eigenvalue weighted by atomic mass is 16.3. The molecule has 2 heterocycles. The molecule has 8 nitrogen and oxygen atoms in total. The first-order valence-electron chi connectivity index (χ1n) is 21.8. The second-order valence-electron chi connectivity index (χ2n) is 20.8. The summed E-state index contributed by atoms with van der Waals surface area (Å²) in [5, 5.41) is 14.9. The number of amides is 2. The highest BCUT2D eigenvalue weighted by molar-refractivity contribution is 6.02. The van der Waals surface area contributed by atoms with E-state index in [4.69, 9.17) is 4.98 Å². The van der Waals surface area contributed by atoms with Gasteiger partial charge in [0.1, 0.15) is 5.82 Å². The zero-order valence-electron chi connectivity index (χ0n) is 35.4. The normalized spacial score (nSPS) is 38.2. The summed E-state index contributed by atoms with van der Waals surface area (Å²) < 4.78 is 2.33. The van der Waals surface area contributed by atoms with E-state index in [0.29, 0.717) is 24.8 Å². The number of likely N-dealkylation sites (tertiary alicyclic amines) is 1. The zero-order chi connectivity index (χ0) is 39.3. The third-order valence-electron chi connectivity index (χ3n) is 17.3. The Hall–Kier alpha value is -2.97. The van der Waals surface area contributed by atoms with Crippen LogP contribution in [0.2, 0.25) is 0 Å². The van der Waals surface area contributed by atoms with E-state index in [1.54, 1.807) is 0 Å². The first kappa shape index (κ1) is 38.9. The van der Waals surface area contributed by atoms with Gasteiger partial charge >= 0.3 is 6.03 Å². The van der Waals surface area contributed by atoms with Gasteiger partial charge in [0.05, 0.1) is 29.6 Å². The fourth-order valence-electron chi connectivity index (χ4n) is 14.3. The van der Waals surface area contributed by atoms with Crippen molar-refractivity contribution in [1.82, 2.24) is 24.7 Å². The van der Waals surface area contributed by atoms with Crippen LogP contribution in [0, 0.1) is 45.3 Å². The van der Waals surface area contributed by atoms with Crippen molar-refractivity contribution in [3.63, 3.8) is 0 Å². The molecule has 9 atom stereocenters. The van der Waals surface area contributed by atoms with Gasteiger partial charge in [0.2, 0.25) is 0 Å². The predicted octanol–water partition coefficient (Wildman–Crippen LogP) is 9.05. The Kier molecular flexibility index (Phi) is 9.59. The molecular weight excluding hydrogens is 683 g/mol. The van der Waals surface area contributed by atoms with Crippen LogP contribution in [0.1, 0.15) is 131 Å². The van der Waals surface area contributed by atoms with Crippen molar-refractivity contribution in [3.8, 4) is 11.3 Å². The summed E-state index contributed by atoms with van der Waals surface area (Å²) in [7, 11) is 4.20. The van der Waals surface area contributed by atoms with E-state index in [2.05, 4.69) is 102 Å². The van der Waals surface area contributed by atoms with Gasteiger partial charge in [-0.2, -0.15) is 0 Å². The first-order chi connectivity index (χ1) is 26.0. The molecule has 5 fully saturated rings. The van der Waals surface area contributed by atoms with E-state index in [-0.39, 0.29) is 57.5 Å². The van der Waals surface area contributed by atoms with E-state index in [1.807, 2.05) is 17.2 Å². The number of hydrogen-bond donors (Lipinski definition) is 2. The van der Waals surface area contributed by atoms with Crippen molar-refractivity contribution in [2.75, 3.05) is 27.2 Å². The third-order valence-corrected chi connectivity index (χ3v) is 17.3. The molecule has 55 heavy (non-hydrogen) atoms. The molecule has 0 spiro atoms. The van der Waals surface area contributed by atoms with Crippen molar-refractivity contribution in [2.45, 2.75) is 143 Å². The Balaban J connectivity index is 1.12. The number of ketones is 1. The standard InChI is InChI=1S/C47H69N5O3/c1-30(2)39-35(53)28-47(49-42(55)52-25-13-16-33(52)41-48-29-34(31-14-11-10-12-15-31)51(41)27-26-50(8)9)24-23-45(6)32(40(39)47)17-18-37-44(5)21-20-38(54)43(3,4)36(44)19-22-46(37,45)7/h10-12,14-15,29-30,32-33,36-38,54H,13,16-28H2,1-9H3,(H,49,55)/t32-,33+,36+,37-,38+,44+,45-,46-,47?/m1/s1. The molecule has 1 aromatic carbocycles. The highest BCUT2D eigenvalue weighted by Crippen LogP contribution is 2.75. The lowest BCUT2D eigenvalue weighted by atomic mass is 9.33. The number of allylic oxidation sites excluding steroid dienone is 1. The number of likely N-dealkylation sites (N-methyl/N-ethyl adjacent to an activating group) is 1. The van der Waals surface area contributed by atoms with Gasteiger partial charge in [-0.3, -0.25) is 4.79 Å². The average molecular weight is 752 g/mol. The van der Waals surface area contributed by atoms with Gasteiger partial charge in [-0.25, -0.2) is 9.78 Å². The molecule has 1 saturated heterocycles. The number of aliphatic hydroxyl groups excluding tert-OH is 1. The summed E-state index contributed by atoms with van der Waals surface area (Å²) in [5.74, 6) is 2.67. The van der Waals surface area contributed by atoms with Crippen molar-refractivity contribution in [1.29, 1.82) is 0 Å². The molecule has 0 bridgehead atoms. The molecule has 8 heteroatoms. The molecule has 6 aliphatic rings. The van der Waals surface area contributed by atoms with Gasteiger partial charge in [-0.05, 0) is 140 Å². The second-order valence-corrected chi connectivity index (χ2v) is 20.8. The Labute approximate surface area is 330 Å². The maximum atomic E-state index is 14.9. The maximum Gasteiger partial charge on any atom is 0.318 e. The summed E-state index contributed by atoms with van der Waals surface area (Å²) in [6.45, 7) is 19.1. The van der Waals surface area contributed by atoms with E-state index in [1.165, 1.54) is 12.0 Å². The number of rotatable bonds is 7. The molecule has 1 aromatic heterocycles. The summed E-state index contributed by atoms with van der Waals surface area (Å²) in [6, 6.07) is 10.3. The van der Waals surface area contributed by atoms with Crippen LogP contribution in [0.4, 0.5) is 4.79 Å². The molecule has 2 amide bonds. The molecule has 8 rings (SSSR count). The largest absolute Gasteiger partial charge is 0.393 e. The van der Waals surface area contributed by atoms with Gasteiger partial charge in [0.15, 0.2) is 5.78 Å². The van der Waals surface area contributed by atoms with E-state index >= 15 is 0 Å². The number of carbonyl (C=O) groups is 2. The molecule has 1 aliphatic heterocycles. The number of urea groups is 1. The van der Waals surface area contributed by atoms with Crippen LogP contribution in [-0.4, -0.2) is 75.1 Å². The van der Waals surface area contributed by atoms with Gasteiger partial charge < -0.3 is 24.8 Å². The monoisotopic (exact) mass is 752 g/mol. The number of benzene rings is 1. The summed E-state index contributed by atoms with van der Waals surface area (Å²) in [6.07, 6.45) is 12.3. The summed E-state index contributed by atoms with van der Waals surface area (Å²) in [4.78, 5) is 38.5. The number of hydrogen-bond acceptors (Lipinski definition) is 5. The number of aromatic nitrogens is 2. The highest BCUT2D eigenvalue weighted by Gasteiger charge is 2.70. The molecular formula is C47H69N5O3. The third kappa shape index (κ3) is 5.75. The molecule has 4 saturated carbocycles. The number of aliphatic hydroxyl groups is 1. The van der Waals surface area contributed by atoms with Crippen LogP contribution in [0.5, 0.6) is 0 Å². The zero-order valence-corrected chi connectivity index (χ0v) is 35.4. The smallest absolute Gasteiger partial charge is 0.318 e. The van der Waals surface area contributed by atoms with Crippen LogP contribution >= 0.6 is 0 Å². The second kappa shape index (κ2) is 13.6. The lowest BCUT2D eigenvalue weighted by Crippen LogP contribution is -2.67. The van der Waals surface area contributed by atoms with Crippen molar-refractivity contribution >= 4 is 11.8 Å². The number of Topliss-reactive ketones (excluding diaryl/α,β-unsaturated/α-hetero) is 1. The number of nitrogens with zero attached hydrogens (tertiary/aromatic N) is 4. The summed E-state index contributed by atoms with van der Waals surface area (Å²) >= 11 is 0. The SMILES string of the molecule is CC(C)C1=C2[C@H]3CC[C@@H]4[C@@]5(C)CC[C@H](O)C(C)(C)[C@@H]5CC[C@@]4(C)[C@]3(C)CCC2(NC(=O)N2CCC[C@H]2c2ncc(-c3ccccc3)n2CCN(C)C)CC1=O. The first-order valence-corrected chi connectivity index (χ1v) is 21.8. The topological polar surface area (TPSA) is 90.7 Å². The fourth-order valence-corrected chi connectivity index (χ4v) is 14.3. The minimum absolute atomic E-state index is 0.0274. The predicted molar refractivity (Wildman–Crippen MR) is 219 cm³/mol. The molecule has 300 valence electrons. The van der Waals surface area contributed by atoms with Crippen LogP contribution < -0.4 is 5.32 Å². The van der Waals surface area contributed by atoms with Crippen LogP contribution in [0.25, 0.3) is 11.3 Å². The molecule has 5 aliphatic carbocycles. The Morgan fingerprint density at radius 1 is 0.945 bits per heavy atom. The molecule has 0 radical (unpaired) electrons. The molecule has 2 N–H and O–H groups in total. The Bertz CT molecular complexity index is 1850. The van der Waals surface area contributed by atoms with Crippen molar-refractivity contribution in [2.24, 2.45) is 45.3 Å². The van der Waals surface area contributed by atoms with Gasteiger partial charge in [0.25, 0.3) is 0 Å². The lowest BCUT2D eigenvalue weighted by Gasteiger charge is -2.72. The van der Waals surface area contributed by atoms with E-state index in [9.17, 15) is 14.7 Å². The number of nitrogens with one attached hydrogen (secondary N) is 1. The van der Waals surface area contributed by atoms with Gasteiger partial charge in [0, 0.05) is 26.1 Å². The lowest BCUT2D eigenvalue weighted by molar-refractivity contribution is -0.226. The van der Waals surface area contributed by atoms with E-state index < -0.39 is 5.54 Å². The Morgan fingerprint density at radius 2 is 1.69 bits per heavy atom. The fraction of sp³-hybridized carbons (Fsp3) is 0.723. The molecule has 1 unspecified atom stereocenters. The van der Waals surface area contributed by atoms with Gasteiger partial charge in [-0.15, -0.1) is 0 Å². The number of fused-ring (bicyclic) bond motifs is 7. The van der Waals surface area contributed by atoms with Crippen LogP contribution in [0.3, 0.4) is 0 Å². The molecule has 2 aromatic rings. The number of carbonyl (C=O) groups excluding carboxylic acids is 2. The minimum atomic E-state index is -0.637. The summed E-state index contributed by atoms with van der Waals surface area (Å²) in [5.41, 5.74) is 4.13. The van der Waals surface area contributed by atoms with E-state index in [0.717, 1.165) is 93.5 Å². The average Bonchev–Trinajstić information content (AvgIpc) is 3.85. The van der Waals surface area contributed by atoms with Crippen LogP contribution in [0.15, 0.2) is 47.7 Å². The van der Waals surface area contributed by atoms with Gasteiger partial charge in [-0.1, -0.05) is 78.8 Å². The minimum Gasteiger partial charge on any atom is -0.393 e.